The van der Waals surface area contributed by atoms with Crippen LogP contribution in [0.1, 0.15) is 111 Å². The molecule has 8 saturated carbocycles. The van der Waals surface area contributed by atoms with Crippen LogP contribution in [-0.4, -0.2) is 70.4 Å². The van der Waals surface area contributed by atoms with Crippen molar-refractivity contribution in [3.63, 3.8) is 0 Å². The monoisotopic (exact) mass is 1080 g/mol. The predicted octanol–water partition coefficient (Wildman–Crippen LogP) is 9.91. The molecule has 396 valence electrons. The number of aliphatic hydroxyl groups excluding tert-OH is 2. The van der Waals surface area contributed by atoms with E-state index >= 15 is 0 Å². The average Bonchev–Trinajstić information content (AvgIpc) is 4.18. The number of hydrogen-bond acceptors (Lipinski definition) is 9. The fourth-order valence-electron chi connectivity index (χ4n) is 16.4. The van der Waals surface area contributed by atoms with Crippen LogP contribution in [0.5, 0.6) is 0 Å². The maximum atomic E-state index is 15.0. The first-order valence-corrected chi connectivity index (χ1v) is 30.8. The third kappa shape index (κ3) is 9.62. The van der Waals surface area contributed by atoms with Gasteiger partial charge in [-0.15, -0.1) is 0 Å². The Morgan fingerprint density at radius 2 is 1.04 bits per heavy atom. The van der Waals surface area contributed by atoms with Gasteiger partial charge in [0, 0.05) is 45.0 Å². The fraction of sp³-hybridized carbons (Fsp3) is 0.483. The smallest absolute Gasteiger partial charge is 0.236 e. The van der Waals surface area contributed by atoms with E-state index in [1.807, 2.05) is 57.7 Å². The second-order valence-electron chi connectivity index (χ2n) is 23.6. The van der Waals surface area contributed by atoms with Gasteiger partial charge in [-0.1, -0.05) is 84.9 Å². The Balaban J connectivity index is 0.000000130. The molecule has 75 heavy (non-hydrogen) atoms. The first-order valence-electron chi connectivity index (χ1n) is 26.7. The maximum Gasteiger partial charge on any atom is 0.236 e. The first-order chi connectivity index (χ1) is 36.0. The predicted molar refractivity (Wildman–Crippen MR) is 284 cm³/mol. The Hall–Kier alpha value is -4.81. The van der Waals surface area contributed by atoms with Crippen molar-refractivity contribution in [2.24, 2.45) is 52.1 Å². The van der Waals surface area contributed by atoms with Crippen LogP contribution in [0, 0.1) is 58.0 Å². The van der Waals surface area contributed by atoms with Gasteiger partial charge in [0.15, 0.2) is 0 Å². The number of nitrogens with one attached hydrogen (secondary N) is 1. The number of hydrogen-bond donors (Lipinski definition) is 4. The summed E-state index contributed by atoms with van der Waals surface area (Å²) in [4.78, 5) is 8.56. The molecule has 0 radical (unpaired) electrons. The molecule has 4 aromatic carbocycles. The number of nitrogens with two attached hydrogens (primary N) is 1. The minimum atomic E-state index is -3.47. The van der Waals surface area contributed by atoms with Crippen molar-refractivity contribution in [2.75, 3.05) is 0 Å². The summed E-state index contributed by atoms with van der Waals surface area (Å²) in [6.45, 7) is 0. The summed E-state index contributed by atoms with van der Waals surface area (Å²) in [7, 11) is -1.83. The minimum Gasteiger partial charge on any atom is -0.392 e. The maximum absolute atomic E-state index is 15.0. The third-order valence-corrected chi connectivity index (χ3v) is 21.4. The lowest BCUT2D eigenvalue weighted by molar-refractivity contribution is -0.134. The zero-order valence-electron chi connectivity index (χ0n) is 41.7. The summed E-state index contributed by atoms with van der Waals surface area (Å²) in [5, 5.41) is 23.2. The highest BCUT2D eigenvalue weighted by molar-refractivity contribution is 8.13. The summed E-state index contributed by atoms with van der Waals surface area (Å²) in [5.41, 5.74) is 12.7. The zero-order valence-corrected chi connectivity index (χ0v) is 44.1. The topological polar surface area (TPSA) is 182 Å². The van der Waals surface area contributed by atoms with Gasteiger partial charge in [-0.05, 0) is 147 Å². The van der Waals surface area contributed by atoms with Crippen LogP contribution in [-0.2, 0) is 30.6 Å². The summed E-state index contributed by atoms with van der Waals surface area (Å²) in [6, 6.07) is 28.3. The molecule has 16 rings (SSSR count). The van der Waals surface area contributed by atoms with Crippen molar-refractivity contribution >= 4 is 29.8 Å². The van der Waals surface area contributed by atoms with E-state index in [4.69, 9.17) is 16.4 Å². The number of nitrogens with zero attached hydrogens (tertiary/aromatic N) is 4. The largest absolute Gasteiger partial charge is 0.392 e. The quantitative estimate of drug-likeness (QED) is 0.0867. The summed E-state index contributed by atoms with van der Waals surface area (Å²) < 4.78 is 84.1. The van der Waals surface area contributed by atoms with Crippen LogP contribution in [0.3, 0.4) is 0 Å². The van der Waals surface area contributed by atoms with E-state index in [-0.39, 0.29) is 63.9 Å². The molecule has 2 aliphatic heterocycles. The van der Waals surface area contributed by atoms with Crippen molar-refractivity contribution in [1.82, 2.24) is 23.8 Å². The van der Waals surface area contributed by atoms with E-state index in [9.17, 15) is 35.8 Å². The third-order valence-electron chi connectivity index (χ3n) is 19.0. The lowest BCUT2D eigenvalue weighted by Gasteiger charge is -2.61. The first kappa shape index (κ1) is 51.0. The number of aromatic nitrogens is 4. The van der Waals surface area contributed by atoms with Gasteiger partial charge >= 0.3 is 0 Å². The molecule has 4 heterocycles. The molecule has 6 aromatic rings. The molecule has 8 atom stereocenters. The van der Waals surface area contributed by atoms with E-state index in [0.29, 0.717) is 53.7 Å². The number of imidazole rings is 2. The molecule has 0 amide bonds. The van der Waals surface area contributed by atoms with Gasteiger partial charge in [0.1, 0.15) is 11.6 Å². The van der Waals surface area contributed by atoms with Crippen molar-refractivity contribution in [3.8, 4) is 22.5 Å². The second kappa shape index (κ2) is 19.6. The number of halogens is 3. The van der Waals surface area contributed by atoms with E-state index in [1.165, 1.54) is 25.0 Å². The van der Waals surface area contributed by atoms with Gasteiger partial charge in [0.05, 0.1) is 72.2 Å². The van der Waals surface area contributed by atoms with Gasteiger partial charge < -0.3 is 25.1 Å². The standard InChI is InChI=1S/C29H32FN3O3S.C22H26FN3O.C7H7ClO2S/c30-23-8-4-7-22-25-15-31-17-33(25)24(27(22)23)11-26(34)29-12-19-9-20(13-29)28(21(10-19)14-29)32-37(35,36)16-18-5-2-1-3-6-18;23-16-3-1-2-15-18-10-25-11-26(18)17(20(15)16)6-19(27)22-7-12-4-13(8-22)21(24)14(5-12)9-22;8-11(9,10)6-7-4-2-1-3-5-7/h1-8,15,17,19-21,24,26,28,32,34H,9-14,16H2;1-3,10-14,17,19,21,27H,4-9,24H2;1-5H,6H2. The number of rotatable bonds is 12. The van der Waals surface area contributed by atoms with Crippen LogP contribution < -0.4 is 10.5 Å². The molecular formula is C58H65ClF2N6O6S2. The minimum absolute atomic E-state index is 0.0130. The van der Waals surface area contributed by atoms with Crippen molar-refractivity contribution < 1.29 is 35.8 Å². The average molecular weight is 1080 g/mol. The molecule has 0 spiro atoms. The Kier molecular flexibility index (Phi) is 13.3. The van der Waals surface area contributed by atoms with Gasteiger partial charge in [-0.3, -0.25) is 0 Å². The van der Waals surface area contributed by atoms with Gasteiger partial charge in [-0.25, -0.2) is 40.3 Å². The molecule has 5 N–H and O–H groups in total. The lowest BCUT2D eigenvalue weighted by Crippen LogP contribution is -2.61. The second-order valence-corrected chi connectivity index (χ2v) is 28.1. The molecule has 8 bridgehead atoms. The van der Waals surface area contributed by atoms with Crippen molar-refractivity contribution in [2.45, 2.75) is 125 Å². The van der Waals surface area contributed by atoms with E-state index in [0.717, 1.165) is 85.0 Å². The molecule has 12 nitrogen and oxygen atoms in total. The van der Waals surface area contributed by atoms with E-state index in [1.54, 1.807) is 61.4 Å². The summed E-state index contributed by atoms with van der Waals surface area (Å²) in [6.07, 6.45) is 17.3. The molecule has 8 fully saturated rings. The number of aliphatic hydroxyl groups is 2. The molecule has 8 aliphatic carbocycles. The van der Waals surface area contributed by atoms with Gasteiger partial charge in [0.25, 0.3) is 0 Å². The Labute approximate surface area is 442 Å². The van der Waals surface area contributed by atoms with Gasteiger partial charge in [0.2, 0.25) is 19.1 Å². The number of fused-ring (bicyclic) bond motifs is 6. The summed E-state index contributed by atoms with van der Waals surface area (Å²) in [5.74, 6) is 2.26. The van der Waals surface area contributed by atoms with E-state index < -0.39 is 31.3 Å². The summed E-state index contributed by atoms with van der Waals surface area (Å²) >= 11 is 0. The molecular weight excluding hydrogens is 1010 g/mol. The molecule has 0 saturated heterocycles. The highest BCUT2D eigenvalue weighted by atomic mass is 35.7. The highest BCUT2D eigenvalue weighted by Crippen LogP contribution is 2.64. The van der Waals surface area contributed by atoms with Crippen LogP contribution in [0.15, 0.2) is 122 Å². The lowest BCUT2D eigenvalue weighted by atomic mass is 9.46. The Morgan fingerprint density at radius 3 is 1.49 bits per heavy atom. The van der Waals surface area contributed by atoms with Crippen molar-refractivity contribution in [1.29, 1.82) is 0 Å². The van der Waals surface area contributed by atoms with Crippen LogP contribution in [0.4, 0.5) is 8.78 Å². The number of sulfonamides is 1. The molecule has 10 aliphatic rings. The highest BCUT2D eigenvalue weighted by Gasteiger charge is 2.60. The SMILES string of the molecule is NC1C2CC3CC1CC(C(O)CC1c4c(F)cccc4-c4cncn41)(C3)C2.O=S(=O)(Cc1ccccc1)NC1C2CC3CC1CC(C(O)CC1c4c(F)cccc4-c4cncn41)(C3)C2.O=S(=O)(Cl)Cc1ccccc1. The Bertz CT molecular complexity index is 3270. The normalized spacial score (nSPS) is 31.8. The van der Waals surface area contributed by atoms with Crippen LogP contribution in [0.2, 0.25) is 0 Å². The van der Waals surface area contributed by atoms with E-state index in [2.05, 4.69) is 14.7 Å². The van der Waals surface area contributed by atoms with Crippen molar-refractivity contribution in [3.05, 3.63) is 156 Å². The number of benzene rings is 4. The van der Waals surface area contributed by atoms with Gasteiger partial charge in [-0.2, -0.15) is 0 Å². The molecule has 8 unspecified atom stereocenters. The zero-order chi connectivity index (χ0) is 52.0. The van der Waals surface area contributed by atoms with Crippen LogP contribution in [0.25, 0.3) is 22.5 Å². The molecule has 17 heteroatoms. The molecule has 2 aromatic heterocycles. The van der Waals surface area contributed by atoms with Crippen LogP contribution >= 0.6 is 10.7 Å². The Morgan fingerprint density at radius 1 is 0.613 bits per heavy atom. The fourth-order valence-corrected chi connectivity index (χ4v) is 18.9.